The summed E-state index contributed by atoms with van der Waals surface area (Å²) in [7, 11) is 1.63. The molecule has 2 aromatic carbocycles. The molecule has 0 amide bonds. The molecular formula is C14H14Cl2N2O. The number of nitrogens with two attached hydrogens (primary N) is 1. The smallest absolute Gasteiger partial charge is 0.118 e. The normalized spacial score (nSPS) is 12.2. The van der Waals surface area contributed by atoms with Gasteiger partial charge in [-0.3, -0.25) is 5.84 Å². The molecule has 2 rings (SSSR count). The van der Waals surface area contributed by atoms with Gasteiger partial charge in [-0.25, -0.2) is 5.43 Å². The Balaban J connectivity index is 2.37. The molecule has 0 aliphatic heterocycles. The molecule has 0 fully saturated rings. The minimum absolute atomic E-state index is 0.179. The van der Waals surface area contributed by atoms with Crippen LogP contribution in [0.3, 0.4) is 0 Å². The SMILES string of the molecule is COc1ccc(C(NN)c2cc(Cl)cc(Cl)c2)cc1. The topological polar surface area (TPSA) is 47.3 Å². The van der Waals surface area contributed by atoms with Crippen LogP contribution in [0.15, 0.2) is 42.5 Å². The Morgan fingerprint density at radius 1 is 1.00 bits per heavy atom. The number of ether oxygens (including phenoxy) is 1. The highest BCUT2D eigenvalue weighted by molar-refractivity contribution is 6.34. The van der Waals surface area contributed by atoms with Crippen LogP contribution in [-0.4, -0.2) is 7.11 Å². The van der Waals surface area contributed by atoms with Crippen LogP contribution >= 0.6 is 23.2 Å². The van der Waals surface area contributed by atoms with E-state index in [0.717, 1.165) is 16.9 Å². The van der Waals surface area contributed by atoms with E-state index in [-0.39, 0.29) is 6.04 Å². The van der Waals surface area contributed by atoms with Crippen molar-refractivity contribution in [1.82, 2.24) is 5.43 Å². The fourth-order valence-corrected chi connectivity index (χ4v) is 2.47. The first-order chi connectivity index (χ1) is 9.13. The summed E-state index contributed by atoms with van der Waals surface area (Å²) < 4.78 is 5.13. The summed E-state index contributed by atoms with van der Waals surface area (Å²) in [5.41, 5.74) is 4.68. The van der Waals surface area contributed by atoms with Crippen molar-refractivity contribution in [2.45, 2.75) is 6.04 Å². The maximum absolute atomic E-state index is 6.01. The van der Waals surface area contributed by atoms with Crippen molar-refractivity contribution in [2.24, 2.45) is 5.84 Å². The Labute approximate surface area is 122 Å². The van der Waals surface area contributed by atoms with E-state index in [1.54, 1.807) is 13.2 Å². The molecule has 0 saturated heterocycles. The van der Waals surface area contributed by atoms with Gasteiger partial charge in [-0.15, -0.1) is 0 Å². The molecule has 0 bridgehead atoms. The van der Waals surface area contributed by atoms with Gasteiger partial charge < -0.3 is 4.74 Å². The first kappa shape index (κ1) is 14.2. The molecule has 100 valence electrons. The van der Waals surface area contributed by atoms with Crippen LogP contribution in [-0.2, 0) is 0 Å². The molecule has 0 heterocycles. The van der Waals surface area contributed by atoms with Crippen LogP contribution in [0.1, 0.15) is 17.2 Å². The molecule has 3 nitrogen and oxygen atoms in total. The van der Waals surface area contributed by atoms with Crippen molar-refractivity contribution in [3.05, 3.63) is 63.6 Å². The third kappa shape index (κ3) is 3.39. The van der Waals surface area contributed by atoms with Gasteiger partial charge in [0.05, 0.1) is 13.2 Å². The lowest BCUT2D eigenvalue weighted by atomic mass is 9.99. The van der Waals surface area contributed by atoms with Crippen molar-refractivity contribution in [1.29, 1.82) is 0 Å². The molecule has 5 heteroatoms. The summed E-state index contributed by atoms with van der Waals surface area (Å²) in [6.07, 6.45) is 0. The van der Waals surface area contributed by atoms with E-state index in [1.807, 2.05) is 36.4 Å². The number of hydrogen-bond donors (Lipinski definition) is 2. The predicted octanol–water partition coefficient (Wildman–Crippen LogP) is 3.55. The Bertz CT molecular complexity index is 538. The van der Waals surface area contributed by atoms with Crippen LogP contribution in [0.25, 0.3) is 0 Å². The third-order valence-electron chi connectivity index (χ3n) is 2.83. The highest BCUT2D eigenvalue weighted by Crippen LogP contribution is 2.28. The second-order valence-electron chi connectivity index (χ2n) is 4.08. The van der Waals surface area contributed by atoms with Crippen molar-refractivity contribution in [2.75, 3.05) is 7.11 Å². The molecule has 0 saturated carbocycles. The summed E-state index contributed by atoms with van der Waals surface area (Å²) in [5.74, 6) is 6.44. The number of methoxy groups -OCH3 is 1. The summed E-state index contributed by atoms with van der Waals surface area (Å²) in [6.45, 7) is 0. The second kappa shape index (κ2) is 6.26. The minimum atomic E-state index is -0.179. The van der Waals surface area contributed by atoms with Gasteiger partial charge >= 0.3 is 0 Å². The molecule has 1 atom stereocenters. The van der Waals surface area contributed by atoms with Crippen LogP contribution in [0.5, 0.6) is 5.75 Å². The molecule has 0 aliphatic carbocycles. The van der Waals surface area contributed by atoms with Crippen LogP contribution in [0, 0.1) is 0 Å². The Morgan fingerprint density at radius 2 is 1.58 bits per heavy atom. The Hall–Kier alpha value is -1.26. The molecule has 19 heavy (non-hydrogen) atoms. The summed E-state index contributed by atoms with van der Waals surface area (Å²) in [4.78, 5) is 0. The van der Waals surface area contributed by atoms with E-state index in [2.05, 4.69) is 5.43 Å². The number of halogens is 2. The highest BCUT2D eigenvalue weighted by atomic mass is 35.5. The van der Waals surface area contributed by atoms with Crippen molar-refractivity contribution in [3.8, 4) is 5.75 Å². The lowest BCUT2D eigenvalue weighted by molar-refractivity contribution is 0.414. The lowest BCUT2D eigenvalue weighted by Gasteiger charge is -2.18. The highest BCUT2D eigenvalue weighted by Gasteiger charge is 2.13. The molecule has 1 unspecified atom stereocenters. The number of hydrazine groups is 1. The maximum atomic E-state index is 6.01. The Kier molecular flexibility index (Phi) is 4.66. The van der Waals surface area contributed by atoms with Crippen LogP contribution in [0.2, 0.25) is 10.0 Å². The quantitative estimate of drug-likeness (QED) is 0.670. The van der Waals surface area contributed by atoms with E-state index in [0.29, 0.717) is 10.0 Å². The Morgan fingerprint density at radius 3 is 2.05 bits per heavy atom. The second-order valence-corrected chi connectivity index (χ2v) is 4.95. The zero-order valence-electron chi connectivity index (χ0n) is 10.4. The molecule has 3 N–H and O–H groups in total. The minimum Gasteiger partial charge on any atom is -0.497 e. The van der Waals surface area contributed by atoms with Crippen LogP contribution in [0.4, 0.5) is 0 Å². The first-order valence-corrected chi connectivity index (χ1v) is 6.45. The van der Waals surface area contributed by atoms with E-state index in [4.69, 9.17) is 33.8 Å². The fraction of sp³-hybridized carbons (Fsp3) is 0.143. The van der Waals surface area contributed by atoms with Gasteiger partial charge in [-0.05, 0) is 41.5 Å². The largest absolute Gasteiger partial charge is 0.497 e. The van der Waals surface area contributed by atoms with Gasteiger partial charge in [-0.1, -0.05) is 35.3 Å². The van der Waals surface area contributed by atoms with Gasteiger partial charge in [-0.2, -0.15) is 0 Å². The summed E-state index contributed by atoms with van der Waals surface area (Å²) in [5, 5.41) is 1.16. The average Bonchev–Trinajstić information content (AvgIpc) is 2.39. The maximum Gasteiger partial charge on any atom is 0.118 e. The summed E-state index contributed by atoms with van der Waals surface area (Å²) >= 11 is 12.0. The number of hydrogen-bond acceptors (Lipinski definition) is 3. The van der Waals surface area contributed by atoms with Crippen molar-refractivity contribution in [3.63, 3.8) is 0 Å². The van der Waals surface area contributed by atoms with E-state index < -0.39 is 0 Å². The number of nitrogens with one attached hydrogen (secondary N) is 1. The van der Waals surface area contributed by atoms with Gasteiger partial charge in [0.1, 0.15) is 5.75 Å². The summed E-state index contributed by atoms with van der Waals surface area (Å²) in [6, 6.07) is 12.8. The zero-order chi connectivity index (χ0) is 13.8. The molecule has 0 aromatic heterocycles. The standard InChI is InChI=1S/C14H14Cl2N2O/c1-19-13-4-2-9(3-5-13)14(18-17)10-6-11(15)8-12(16)7-10/h2-8,14,18H,17H2,1H3. The molecule has 2 aromatic rings. The predicted molar refractivity (Wildman–Crippen MR) is 78.6 cm³/mol. The van der Waals surface area contributed by atoms with Gasteiger partial charge in [0, 0.05) is 10.0 Å². The van der Waals surface area contributed by atoms with Crippen molar-refractivity contribution >= 4 is 23.2 Å². The number of benzene rings is 2. The van der Waals surface area contributed by atoms with E-state index in [9.17, 15) is 0 Å². The van der Waals surface area contributed by atoms with Crippen LogP contribution < -0.4 is 16.0 Å². The molecule has 0 aliphatic rings. The zero-order valence-corrected chi connectivity index (χ0v) is 11.9. The lowest BCUT2D eigenvalue weighted by Crippen LogP contribution is -2.28. The van der Waals surface area contributed by atoms with Crippen molar-refractivity contribution < 1.29 is 4.74 Å². The van der Waals surface area contributed by atoms with E-state index in [1.165, 1.54) is 0 Å². The average molecular weight is 297 g/mol. The molecular weight excluding hydrogens is 283 g/mol. The van der Waals surface area contributed by atoms with E-state index >= 15 is 0 Å². The van der Waals surface area contributed by atoms with Gasteiger partial charge in [0.15, 0.2) is 0 Å². The van der Waals surface area contributed by atoms with Gasteiger partial charge in [0.25, 0.3) is 0 Å². The fourth-order valence-electron chi connectivity index (χ4n) is 1.92. The molecule has 0 radical (unpaired) electrons. The number of rotatable bonds is 4. The van der Waals surface area contributed by atoms with Gasteiger partial charge in [0.2, 0.25) is 0 Å². The third-order valence-corrected chi connectivity index (χ3v) is 3.27. The monoisotopic (exact) mass is 296 g/mol. The molecule has 0 spiro atoms. The first-order valence-electron chi connectivity index (χ1n) is 5.70.